The molecule has 4 N–H and O–H groups in total. The second-order valence-electron chi connectivity index (χ2n) is 9.56. The Balaban J connectivity index is 1.49. The number of rotatable bonds is 9. The average Bonchev–Trinajstić information content (AvgIpc) is 3.69. The summed E-state index contributed by atoms with van der Waals surface area (Å²) in [5.41, 5.74) is 2.20. The number of nitrogens with zero attached hydrogens (tertiary/aromatic N) is 2. The maximum absolute atomic E-state index is 14.4. The van der Waals surface area contributed by atoms with Crippen molar-refractivity contribution in [2.24, 2.45) is 0 Å². The molecule has 0 bridgehead atoms. The highest BCUT2D eigenvalue weighted by molar-refractivity contribution is 7.88. The quantitative estimate of drug-likeness (QED) is 0.222. The number of carbonyl (C=O) groups is 1. The molecule has 2 heterocycles. The van der Waals surface area contributed by atoms with Gasteiger partial charge in [-0.15, -0.1) is 0 Å². The SMILES string of the molecule is CNC(=O)c1c(-c2ccc(Cl)cc2)nn2cc(CS(=O)(=O)NCc3ccc(B(O)O)c(F)c3F)c(C3CC3)cc12. The fourth-order valence-electron chi connectivity index (χ4n) is 4.58. The van der Waals surface area contributed by atoms with Crippen LogP contribution < -0.4 is 15.5 Å². The molecule has 2 aromatic carbocycles. The fourth-order valence-corrected chi connectivity index (χ4v) is 5.84. The van der Waals surface area contributed by atoms with E-state index in [1.54, 1.807) is 36.5 Å². The molecule has 1 amide bonds. The van der Waals surface area contributed by atoms with Crippen LogP contribution >= 0.6 is 11.6 Å². The summed E-state index contributed by atoms with van der Waals surface area (Å²) in [6.45, 7) is -0.544. The Morgan fingerprint density at radius 1 is 1.12 bits per heavy atom. The largest absolute Gasteiger partial charge is 0.491 e. The Morgan fingerprint density at radius 3 is 2.45 bits per heavy atom. The summed E-state index contributed by atoms with van der Waals surface area (Å²) in [6, 6.07) is 10.7. The summed E-state index contributed by atoms with van der Waals surface area (Å²) < 4.78 is 58.4. The predicted molar refractivity (Wildman–Crippen MR) is 147 cm³/mol. The predicted octanol–water partition coefficient (Wildman–Crippen LogP) is 2.47. The van der Waals surface area contributed by atoms with Crippen LogP contribution in [-0.2, 0) is 22.3 Å². The third-order valence-electron chi connectivity index (χ3n) is 6.78. The number of fused-ring (bicyclic) bond motifs is 1. The molecule has 1 aliphatic carbocycles. The molecule has 5 rings (SSSR count). The van der Waals surface area contributed by atoms with Gasteiger partial charge in [0, 0.05) is 41.4 Å². The number of amides is 1. The van der Waals surface area contributed by atoms with Crippen LogP contribution in [0.1, 0.15) is 45.8 Å². The monoisotopic (exact) mass is 588 g/mol. The van der Waals surface area contributed by atoms with E-state index in [9.17, 15) is 22.0 Å². The van der Waals surface area contributed by atoms with Crippen LogP contribution in [0, 0.1) is 11.6 Å². The van der Waals surface area contributed by atoms with Crippen molar-refractivity contribution in [3.8, 4) is 11.3 Å². The van der Waals surface area contributed by atoms with E-state index in [4.69, 9.17) is 21.6 Å². The van der Waals surface area contributed by atoms with E-state index in [1.165, 1.54) is 11.6 Å². The van der Waals surface area contributed by atoms with E-state index in [2.05, 4.69) is 15.1 Å². The summed E-state index contributed by atoms with van der Waals surface area (Å²) in [7, 11) is -4.73. The van der Waals surface area contributed by atoms with Crippen molar-refractivity contribution in [3.05, 3.63) is 87.6 Å². The lowest BCUT2D eigenvalue weighted by Gasteiger charge is -2.13. The van der Waals surface area contributed by atoms with Crippen molar-refractivity contribution >= 4 is 45.6 Å². The molecule has 4 aromatic rings. The minimum atomic E-state index is -4.04. The molecule has 40 heavy (non-hydrogen) atoms. The van der Waals surface area contributed by atoms with E-state index in [0.717, 1.165) is 30.5 Å². The first-order valence-electron chi connectivity index (χ1n) is 12.3. The van der Waals surface area contributed by atoms with E-state index in [-0.39, 0.29) is 17.4 Å². The maximum Gasteiger partial charge on any atom is 0.491 e. The Morgan fingerprint density at radius 2 is 1.82 bits per heavy atom. The molecule has 2 aromatic heterocycles. The minimum Gasteiger partial charge on any atom is -0.423 e. The summed E-state index contributed by atoms with van der Waals surface area (Å²) in [5, 5.41) is 26.0. The first kappa shape index (κ1) is 28.2. The summed E-state index contributed by atoms with van der Waals surface area (Å²) in [4.78, 5) is 12.9. The number of benzene rings is 2. The molecule has 1 aliphatic rings. The highest BCUT2D eigenvalue weighted by Gasteiger charge is 2.31. The van der Waals surface area contributed by atoms with Crippen molar-refractivity contribution < 1.29 is 32.0 Å². The molecule has 14 heteroatoms. The summed E-state index contributed by atoms with van der Waals surface area (Å²) in [5.74, 6) is -3.53. The molecule has 9 nitrogen and oxygen atoms in total. The molecule has 0 radical (unpaired) electrons. The second-order valence-corrected chi connectivity index (χ2v) is 11.8. The lowest BCUT2D eigenvalue weighted by molar-refractivity contribution is 0.0965. The highest BCUT2D eigenvalue weighted by atomic mass is 35.5. The maximum atomic E-state index is 14.4. The van der Waals surface area contributed by atoms with Crippen LogP contribution in [0.4, 0.5) is 8.78 Å². The first-order chi connectivity index (χ1) is 19.0. The van der Waals surface area contributed by atoms with Gasteiger partial charge < -0.3 is 15.4 Å². The van der Waals surface area contributed by atoms with Gasteiger partial charge in [-0.1, -0.05) is 35.9 Å². The van der Waals surface area contributed by atoms with Gasteiger partial charge in [0.05, 0.1) is 16.8 Å². The van der Waals surface area contributed by atoms with Gasteiger partial charge in [0.2, 0.25) is 10.0 Å². The first-order valence-corrected chi connectivity index (χ1v) is 14.4. The third kappa shape index (κ3) is 5.61. The molecule has 1 fully saturated rings. The Labute approximate surface area is 234 Å². The normalized spacial score (nSPS) is 13.6. The molecule has 0 unspecified atom stereocenters. The second kappa shape index (κ2) is 10.9. The molecule has 0 spiro atoms. The van der Waals surface area contributed by atoms with E-state index in [0.29, 0.717) is 32.9 Å². The van der Waals surface area contributed by atoms with Crippen LogP contribution in [0.5, 0.6) is 0 Å². The zero-order valence-electron chi connectivity index (χ0n) is 21.2. The van der Waals surface area contributed by atoms with Crippen molar-refractivity contribution in [1.82, 2.24) is 19.7 Å². The lowest BCUT2D eigenvalue weighted by Crippen LogP contribution is -2.34. The number of hydrogen-bond acceptors (Lipinski definition) is 6. The molecule has 0 atom stereocenters. The van der Waals surface area contributed by atoms with E-state index >= 15 is 0 Å². The van der Waals surface area contributed by atoms with Crippen molar-refractivity contribution in [2.75, 3.05) is 7.05 Å². The number of pyridine rings is 1. The topological polar surface area (TPSA) is 133 Å². The number of aromatic nitrogens is 2. The van der Waals surface area contributed by atoms with Gasteiger partial charge in [-0.3, -0.25) is 4.79 Å². The Kier molecular flexibility index (Phi) is 7.68. The number of halogens is 3. The van der Waals surface area contributed by atoms with E-state index < -0.39 is 46.5 Å². The number of nitrogens with one attached hydrogen (secondary N) is 2. The van der Waals surface area contributed by atoms with Crippen molar-refractivity contribution in [1.29, 1.82) is 0 Å². The summed E-state index contributed by atoms with van der Waals surface area (Å²) >= 11 is 6.03. The van der Waals surface area contributed by atoms with Crippen LogP contribution in [0.25, 0.3) is 16.8 Å². The lowest BCUT2D eigenvalue weighted by atomic mass is 9.79. The smallest absolute Gasteiger partial charge is 0.423 e. The van der Waals surface area contributed by atoms with Gasteiger partial charge in [0.1, 0.15) is 5.69 Å². The standard InChI is InChI=1S/C26H24BClF2N4O5S/c1-31-26(35)22-21-10-19(14-2-3-14)17(12-34(21)33-25(22)15-4-7-18(28)8-5-15)13-40(38,39)32-11-16-6-9-20(27(36)37)24(30)23(16)29/h4-10,12,14,32,36-37H,2-3,11,13H2,1H3,(H,31,35). The van der Waals surface area contributed by atoms with Gasteiger partial charge in [-0.2, -0.15) is 5.10 Å². The van der Waals surface area contributed by atoms with Crippen LogP contribution in [0.3, 0.4) is 0 Å². The van der Waals surface area contributed by atoms with Gasteiger partial charge in [0.15, 0.2) is 11.6 Å². The van der Waals surface area contributed by atoms with Crippen molar-refractivity contribution in [2.45, 2.75) is 31.1 Å². The van der Waals surface area contributed by atoms with Gasteiger partial charge in [-0.05, 0) is 48.1 Å². The van der Waals surface area contributed by atoms with Crippen molar-refractivity contribution in [3.63, 3.8) is 0 Å². The van der Waals surface area contributed by atoms with Crippen LogP contribution in [0.2, 0.25) is 5.02 Å². The Bertz CT molecular complexity index is 1730. The van der Waals surface area contributed by atoms with Crippen LogP contribution in [-0.4, -0.2) is 48.2 Å². The molecule has 1 saturated carbocycles. The highest BCUT2D eigenvalue weighted by Crippen LogP contribution is 2.43. The zero-order chi connectivity index (χ0) is 28.8. The number of carbonyl (C=O) groups excluding carboxylic acids is 1. The molecular weight excluding hydrogens is 565 g/mol. The molecule has 0 saturated heterocycles. The molecule has 208 valence electrons. The molecule has 0 aliphatic heterocycles. The fraction of sp³-hybridized carbons (Fsp3) is 0.231. The summed E-state index contributed by atoms with van der Waals surface area (Å²) in [6.07, 6.45) is 3.29. The van der Waals surface area contributed by atoms with Gasteiger partial charge in [0.25, 0.3) is 5.91 Å². The van der Waals surface area contributed by atoms with Gasteiger partial charge >= 0.3 is 7.12 Å². The van der Waals surface area contributed by atoms with Gasteiger partial charge in [-0.25, -0.2) is 26.4 Å². The number of sulfonamides is 1. The Hall–Kier alpha value is -3.36. The zero-order valence-corrected chi connectivity index (χ0v) is 22.7. The minimum absolute atomic E-state index is 0.116. The average molecular weight is 589 g/mol. The third-order valence-corrected chi connectivity index (χ3v) is 8.30. The molecular formula is C26H24BClF2N4O5S. The van der Waals surface area contributed by atoms with E-state index in [1.807, 2.05) is 0 Å². The van der Waals surface area contributed by atoms with Crippen LogP contribution in [0.15, 0.2) is 48.7 Å². The number of hydrogen-bond donors (Lipinski definition) is 4.